The van der Waals surface area contributed by atoms with E-state index in [1.165, 1.54) is 30.2 Å². The molecule has 2 nitrogen and oxygen atoms in total. The Kier molecular flexibility index (Phi) is 4.93. The Balaban J connectivity index is 1.87. The number of nitrogens with zero attached hydrogens (tertiary/aromatic N) is 2. The number of rotatable bonds is 3. The Morgan fingerprint density at radius 2 is 1.91 bits per heavy atom. The Labute approximate surface area is 144 Å². The second-order valence-corrected chi connectivity index (χ2v) is 7.03. The average Bonchev–Trinajstić information content (AvgIpc) is 2.53. The minimum Gasteiger partial charge on any atom is -0.245 e. The lowest BCUT2D eigenvalue weighted by molar-refractivity contribution is 0.660. The van der Waals surface area contributed by atoms with Gasteiger partial charge in [0.2, 0.25) is 0 Å². The van der Waals surface area contributed by atoms with Crippen LogP contribution in [0.4, 0.5) is 0 Å². The van der Waals surface area contributed by atoms with Crippen molar-refractivity contribution in [2.45, 2.75) is 36.5 Å². The Bertz CT molecular complexity index is 733. The highest BCUT2D eigenvalue weighted by Crippen LogP contribution is 2.33. The summed E-state index contributed by atoms with van der Waals surface area (Å²) >= 11 is 13.9. The molecule has 0 aliphatic heterocycles. The molecule has 112 valence electrons. The lowest BCUT2D eigenvalue weighted by atomic mass is 9.95. The molecular formula is C17H14Cl2N2S. The minimum absolute atomic E-state index is 0.610. The van der Waals surface area contributed by atoms with Gasteiger partial charge in [0.15, 0.2) is 0 Å². The highest BCUT2D eigenvalue weighted by atomic mass is 35.5. The third-order valence-electron chi connectivity index (χ3n) is 3.80. The van der Waals surface area contributed by atoms with E-state index in [0.717, 1.165) is 29.1 Å². The van der Waals surface area contributed by atoms with E-state index < -0.39 is 0 Å². The fourth-order valence-corrected chi connectivity index (χ4v) is 4.33. The third kappa shape index (κ3) is 3.25. The number of fused-ring (bicyclic) bond motifs is 1. The summed E-state index contributed by atoms with van der Waals surface area (Å²) in [5.41, 5.74) is 3.90. The van der Waals surface area contributed by atoms with Crippen molar-refractivity contribution in [3.63, 3.8) is 0 Å². The number of halogens is 2. The smallest absolute Gasteiger partial charge is 0.114 e. The van der Waals surface area contributed by atoms with Crippen LogP contribution in [-0.4, -0.2) is 4.98 Å². The summed E-state index contributed by atoms with van der Waals surface area (Å²) in [6, 6.07) is 9.75. The first-order valence-corrected chi connectivity index (χ1v) is 8.92. The molecule has 1 aliphatic rings. The standard InChI is InChI=1S/C17H14Cl2N2S/c18-14-5-3-6-15(19)13(14)10-22-17-12(9-20)8-11-4-1-2-7-16(11)21-17/h3,5-6,8H,1-2,4,7,10H2. The van der Waals surface area contributed by atoms with E-state index in [0.29, 0.717) is 21.4 Å². The first-order chi connectivity index (χ1) is 10.7. The number of pyridine rings is 1. The van der Waals surface area contributed by atoms with Crippen LogP contribution in [0.25, 0.3) is 0 Å². The molecule has 22 heavy (non-hydrogen) atoms. The molecule has 0 spiro atoms. The maximum Gasteiger partial charge on any atom is 0.114 e. The number of nitriles is 1. The van der Waals surface area contributed by atoms with Gasteiger partial charge in [0.25, 0.3) is 0 Å². The van der Waals surface area contributed by atoms with Crippen molar-refractivity contribution in [2.75, 3.05) is 0 Å². The molecule has 0 unspecified atom stereocenters. The van der Waals surface area contributed by atoms with Crippen LogP contribution >= 0.6 is 35.0 Å². The van der Waals surface area contributed by atoms with Crippen molar-refractivity contribution < 1.29 is 0 Å². The zero-order valence-electron chi connectivity index (χ0n) is 11.9. The second-order valence-electron chi connectivity index (χ2n) is 5.25. The molecule has 1 aromatic carbocycles. The van der Waals surface area contributed by atoms with Gasteiger partial charge in [0.1, 0.15) is 11.1 Å². The van der Waals surface area contributed by atoms with Crippen LogP contribution < -0.4 is 0 Å². The largest absolute Gasteiger partial charge is 0.245 e. The van der Waals surface area contributed by atoms with E-state index in [2.05, 4.69) is 6.07 Å². The number of hydrogen-bond acceptors (Lipinski definition) is 3. The number of aryl methyl sites for hydroxylation is 2. The van der Waals surface area contributed by atoms with E-state index in [1.807, 2.05) is 24.3 Å². The molecule has 0 N–H and O–H groups in total. The Morgan fingerprint density at radius 1 is 1.18 bits per heavy atom. The highest BCUT2D eigenvalue weighted by Gasteiger charge is 2.16. The maximum absolute atomic E-state index is 9.37. The van der Waals surface area contributed by atoms with Crippen molar-refractivity contribution in [1.29, 1.82) is 5.26 Å². The maximum atomic E-state index is 9.37. The molecule has 0 atom stereocenters. The lowest BCUT2D eigenvalue weighted by Crippen LogP contribution is -2.07. The molecule has 1 aliphatic carbocycles. The molecule has 0 fully saturated rings. The first-order valence-electron chi connectivity index (χ1n) is 7.17. The molecule has 0 amide bonds. The molecule has 0 saturated heterocycles. The van der Waals surface area contributed by atoms with Crippen LogP contribution in [0.2, 0.25) is 10.0 Å². The van der Waals surface area contributed by atoms with Crippen LogP contribution in [0.3, 0.4) is 0 Å². The summed E-state index contributed by atoms with van der Waals surface area (Å²) in [4.78, 5) is 4.71. The van der Waals surface area contributed by atoms with Crippen LogP contribution in [0.5, 0.6) is 0 Å². The molecule has 0 bridgehead atoms. The fraction of sp³-hybridized carbons (Fsp3) is 0.294. The molecule has 1 heterocycles. The van der Waals surface area contributed by atoms with Gasteiger partial charge in [0.05, 0.1) is 5.56 Å². The van der Waals surface area contributed by atoms with Gasteiger partial charge in [0, 0.05) is 21.5 Å². The first kappa shape index (κ1) is 15.7. The zero-order chi connectivity index (χ0) is 15.5. The molecule has 3 rings (SSSR count). The van der Waals surface area contributed by atoms with Gasteiger partial charge in [-0.05, 0) is 55.0 Å². The molecule has 0 saturated carbocycles. The summed E-state index contributed by atoms with van der Waals surface area (Å²) in [6.07, 6.45) is 4.38. The third-order valence-corrected chi connectivity index (χ3v) is 5.53. The van der Waals surface area contributed by atoms with Crippen molar-refractivity contribution in [3.05, 3.63) is 56.7 Å². The zero-order valence-corrected chi connectivity index (χ0v) is 14.2. The van der Waals surface area contributed by atoms with E-state index in [-0.39, 0.29) is 0 Å². The van der Waals surface area contributed by atoms with Gasteiger partial charge in [-0.3, -0.25) is 0 Å². The predicted octanol–water partition coefficient (Wildman–Crippen LogP) is 5.43. The molecule has 2 aromatic rings. The van der Waals surface area contributed by atoms with Crippen LogP contribution in [0, 0.1) is 11.3 Å². The molecule has 0 radical (unpaired) electrons. The van der Waals surface area contributed by atoms with Gasteiger partial charge in [-0.25, -0.2) is 4.98 Å². The normalized spacial score (nSPS) is 13.5. The minimum atomic E-state index is 0.610. The summed E-state index contributed by atoms with van der Waals surface area (Å²) in [5, 5.41) is 11.4. The molecule has 1 aromatic heterocycles. The number of benzene rings is 1. The topological polar surface area (TPSA) is 36.7 Å². The van der Waals surface area contributed by atoms with Gasteiger partial charge >= 0.3 is 0 Å². The van der Waals surface area contributed by atoms with E-state index in [4.69, 9.17) is 28.2 Å². The summed E-state index contributed by atoms with van der Waals surface area (Å²) in [7, 11) is 0. The Morgan fingerprint density at radius 3 is 2.64 bits per heavy atom. The fourth-order valence-electron chi connectivity index (χ4n) is 2.62. The predicted molar refractivity (Wildman–Crippen MR) is 91.6 cm³/mol. The average molecular weight is 349 g/mol. The molecular weight excluding hydrogens is 335 g/mol. The van der Waals surface area contributed by atoms with Crippen molar-refractivity contribution in [1.82, 2.24) is 4.98 Å². The van der Waals surface area contributed by atoms with Crippen LogP contribution in [0.1, 0.15) is 35.2 Å². The van der Waals surface area contributed by atoms with Crippen molar-refractivity contribution in [2.24, 2.45) is 0 Å². The van der Waals surface area contributed by atoms with Gasteiger partial charge in [-0.1, -0.05) is 29.3 Å². The quantitative estimate of drug-likeness (QED) is 0.693. The molecule has 5 heteroatoms. The van der Waals surface area contributed by atoms with Crippen molar-refractivity contribution >= 4 is 35.0 Å². The van der Waals surface area contributed by atoms with E-state index >= 15 is 0 Å². The highest BCUT2D eigenvalue weighted by molar-refractivity contribution is 7.98. The van der Waals surface area contributed by atoms with Crippen molar-refractivity contribution in [3.8, 4) is 6.07 Å². The van der Waals surface area contributed by atoms with Gasteiger partial charge < -0.3 is 0 Å². The monoisotopic (exact) mass is 348 g/mol. The van der Waals surface area contributed by atoms with Crippen LogP contribution in [-0.2, 0) is 18.6 Å². The van der Waals surface area contributed by atoms with E-state index in [9.17, 15) is 5.26 Å². The van der Waals surface area contributed by atoms with Crippen LogP contribution in [0.15, 0.2) is 29.3 Å². The van der Waals surface area contributed by atoms with E-state index in [1.54, 1.807) is 0 Å². The SMILES string of the molecule is N#Cc1cc2c(nc1SCc1c(Cl)cccc1Cl)CCCC2. The Hall–Kier alpha value is -1.21. The number of aromatic nitrogens is 1. The number of hydrogen-bond donors (Lipinski definition) is 0. The summed E-state index contributed by atoms with van der Waals surface area (Å²) in [5.74, 6) is 0.610. The van der Waals surface area contributed by atoms with Gasteiger partial charge in [-0.15, -0.1) is 11.8 Å². The summed E-state index contributed by atoms with van der Waals surface area (Å²) in [6.45, 7) is 0. The number of thioether (sulfide) groups is 1. The second kappa shape index (κ2) is 6.91. The summed E-state index contributed by atoms with van der Waals surface area (Å²) < 4.78 is 0. The van der Waals surface area contributed by atoms with Gasteiger partial charge in [-0.2, -0.15) is 5.26 Å². The lowest BCUT2D eigenvalue weighted by Gasteiger charge is -2.16.